The van der Waals surface area contributed by atoms with E-state index < -0.39 is 11.0 Å². The van der Waals surface area contributed by atoms with Crippen molar-refractivity contribution in [2.75, 3.05) is 36.8 Å². The lowest BCUT2D eigenvalue weighted by atomic mass is 9.98. The number of fused-ring (bicyclic) bond motifs is 1. The third kappa shape index (κ3) is 4.74. The summed E-state index contributed by atoms with van der Waals surface area (Å²) in [5.41, 5.74) is 12.1. The minimum atomic E-state index is -1.44. The fourth-order valence-electron chi connectivity index (χ4n) is 4.80. The molecule has 1 aliphatic rings. The summed E-state index contributed by atoms with van der Waals surface area (Å²) in [6.07, 6.45) is 7.11. The van der Waals surface area contributed by atoms with Crippen molar-refractivity contribution in [2.24, 2.45) is 0 Å². The van der Waals surface area contributed by atoms with Gasteiger partial charge in [-0.25, -0.2) is 13.5 Å². The maximum atomic E-state index is 13.6. The first-order valence-electron chi connectivity index (χ1n) is 12.3. The first-order valence-corrected chi connectivity index (χ1v) is 13.8. The molecule has 1 fully saturated rings. The van der Waals surface area contributed by atoms with Gasteiger partial charge in [0.15, 0.2) is 0 Å². The highest BCUT2D eigenvalue weighted by Gasteiger charge is 2.25. The minimum absolute atomic E-state index is 0.278. The van der Waals surface area contributed by atoms with E-state index in [9.17, 15) is 4.21 Å². The Balaban J connectivity index is 1.28. The number of halogens is 1. The van der Waals surface area contributed by atoms with Gasteiger partial charge in [-0.2, -0.15) is 0 Å². The normalized spacial score (nSPS) is 15.0. The molecule has 1 atom stereocenters. The molecule has 9 heteroatoms. The number of hydrogen-bond acceptors (Lipinski definition) is 6. The number of benzene rings is 2. The Kier molecular flexibility index (Phi) is 6.76. The van der Waals surface area contributed by atoms with Crippen molar-refractivity contribution in [1.29, 1.82) is 0 Å². The first-order chi connectivity index (χ1) is 18.6. The number of hydrogen-bond donors (Lipinski definition) is 1. The van der Waals surface area contributed by atoms with Gasteiger partial charge in [0.05, 0.1) is 21.1 Å². The van der Waals surface area contributed by atoms with Crippen molar-refractivity contribution < 1.29 is 4.21 Å². The Morgan fingerprint density at radius 3 is 2.39 bits per heavy atom. The zero-order chi connectivity index (χ0) is 26.1. The van der Waals surface area contributed by atoms with Gasteiger partial charge in [0.1, 0.15) is 16.8 Å². The van der Waals surface area contributed by atoms with Gasteiger partial charge in [-0.3, -0.25) is 9.97 Å². The van der Waals surface area contributed by atoms with E-state index >= 15 is 0 Å². The van der Waals surface area contributed by atoms with Crippen molar-refractivity contribution in [2.45, 2.75) is 4.90 Å². The van der Waals surface area contributed by atoms with Crippen molar-refractivity contribution >= 4 is 45.0 Å². The number of rotatable bonds is 5. The van der Waals surface area contributed by atoms with Gasteiger partial charge in [0.2, 0.25) is 0 Å². The largest absolute Gasteiger partial charge is 0.383 e. The van der Waals surface area contributed by atoms with Crippen LogP contribution in [0.5, 0.6) is 0 Å². The lowest BCUT2D eigenvalue weighted by molar-refractivity contribution is 0.410. The molecule has 0 saturated carbocycles. The summed E-state index contributed by atoms with van der Waals surface area (Å²) < 4.78 is 15.6. The number of para-hydroxylation sites is 1. The van der Waals surface area contributed by atoms with E-state index in [0.29, 0.717) is 18.0 Å². The predicted octanol–water partition coefficient (Wildman–Crippen LogP) is 5.44. The fraction of sp³-hybridized carbons (Fsp3) is 0.138. The van der Waals surface area contributed by atoms with Crippen molar-refractivity contribution in [3.05, 3.63) is 96.5 Å². The average molecular weight is 541 g/mol. The van der Waals surface area contributed by atoms with E-state index in [2.05, 4.69) is 25.9 Å². The molecule has 7 nitrogen and oxygen atoms in total. The van der Waals surface area contributed by atoms with Crippen LogP contribution in [0, 0.1) is 0 Å². The molecule has 1 aliphatic heterocycles. The molecule has 38 heavy (non-hydrogen) atoms. The maximum absolute atomic E-state index is 13.6. The Labute approximate surface area is 228 Å². The lowest BCUT2D eigenvalue weighted by Crippen LogP contribution is -2.47. The molecule has 5 aromatic rings. The van der Waals surface area contributed by atoms with Crippen molar-refractivity contribution in [3.63, 3.8) is 0 Å². The van der Waals surface area contributed by atoms with Gasteiger partial charge in [-0.15, -0.1) is 0 Å². The van der Waals surface area contributed by atoms with Crippen LogP contribution in [0.3, 0.4) is 0 Å². The molecule has 0 bridgehead atoms. The van der Waals surface area contributed by atoms with E-state index in [0.717, 1.165) is 57.0 Å². The third-order valence-corrected chi connectivity index (χ3v) is 8.66. The standard InChI is InChI=1S/C29H25ClN6OS/c30-25-3-1-2-4-27(25)35-13-15-36(16-14-35)38(37)28-18-22(19-34-29(28)31)21-5-6-26-24(17-21)23(9-12-33-26)20-7-10-32-11-8-20/h1-12,17-19H,13-16H2,(H2,31,34). The topological polar surface area (TPSA) is 88.2 Å². The summed E-state index contributed by atoms with van der Waals surface area (Å²) in [6.45, 7) is 2.69. The number of nitrogens with zero attached hydrogens (tertiary/aromatic N) is 5. The summed E-state index contributed by atoms with van der Waals surface area (Å²) in [5.74, 6) is 0.278. The Morgan fingerprint density at radius 2 is 1.61 bits per heavy atom. The molecular formula is C29H25ClN6OS. The van der Waals surface area contributed by atoms with Crippen LogP contribution in [-0.4, -0.2) is 49.6 Å². The van der Waals surface area contributed by atoms with E-state index in [-0.39, 0.29) is 5.82 Å². The molecule has 1 unspecified atom stereocenters. The van der Waals surface area contributed by atoms with Gasteiger partial charge in [-0.05, 0) is 65.2 Å². The van der Waals surface area contributed by atoms with E-state index in [1.807, 2.05) is 71.2 Å². The summed E-state index contributed by atoms with van der Waals surface area (Å²) in [5, 5.41) is 1.74. The second kappa shape index (κ2) is 10.5. The van der Waals surface area contributed by atoms with E-state index in [4.69, 9.17) is 17.3 Å². The summed E-state index contributed by atoms with van der Waals surface area (Å²) >= 11 is 6.38. The predicted molar refractivity (Wildman–Crippen MR) is 154 cm³/mol. The minimum Gasteiger partial charge on any atom is -0.383 e. The molecule has 0 aliphatic carbocycles. The zero-order valence-corrected chi connectivity index (χ0v) is 22.1. The van der Waals surface area contributed by atoms with Gasteiger partial charge < -0.3 is 10.6 Å². The van der Waals surface area contributed by atoms with Gasteiger partial charge in [-0.1, -0.05) is 29.8 Å². The number of nitrogen functional groups attached to an aromatic ring is 1. The van der Waals surface area contributed by atoms with Crippen molar-refractivity contribution in [3.8, 4) is 22.3 Å². The molecule has 2 N–H and O–H groups in total. The fourth-order valence-corrected chi connectivity index (χ4v) is 6.29. The summed E-state index contributed by atoms with van der Waals surface area (Å²) in [6, 6.07) is 21.8. The maximum Gasteiger partial charge on any atom is 0.141 e. The van der Waals surface area contributed by atoms with Crippen LogP contribution in [0.2, 0.25) is 5.02 Å². The molecule has 2 aromatic carbocycles. The third-order valence-electron chi connectivity index (χ3n) is 6.80. The second-order valence-corrected chi connectivity index (χ2v) is 10.9. The van der Waals surface area contributed by atoms with E-state index in [1.54, 1.807) is 18.6 Å². The van der Waals surface area contributed by atoms with Gasteiger partial charge in [0.25, 0.3) is 0 Å². The highest BCUT2D eigenvalue weighted by Crippen LogP contribution is 2.33. The molecule has 0 spiro atoms. The van der Waals surface area contributed by atoms with E-state index in [1.165, 1.54) is 0 Å². The average Bonchev–Trinajstić information content (AvgIpc) is 2.97. The lowest BCUT2D eigenvalue weighted by Gasteiger charge is -2.35. The zero-order valence-electron chi connectivity index (χ0n) is 20.5. The van der Waals surface area contributed by atoms with Crippen LogP contribution in [0.15, 0.2) is 96.4 Å². The summed E-state index contributed by atoms with van der Waals surface area (Å²) in [4.78, 5) is 15.8. The molecule has 4 heterocycles. The number of nitrogens with two attached hydrogens (primary N) is 1. The molecular weight excluding hydrogens is 516 g/mol. The number of anilines is 2. The van der Waals surface area contributed by atoms with Crippen molar-refractivity contribution in [1.82, 2.24) is 19.3 Å². The highest BCUT2D eigenvalue weighted by molar-refractivity contribution is 7.82. The summed E-state index contributed by atoms with van der Waals surface area (Å²) in [7, 11) is -1.44. The number of pyridine rings is 3. The van der Waals surface area contributed by atoms with Gasteiger partial charge >= 0.3 is 0 Å². The Hall–Kier alpha value is -3.85. The monoisotopic (exact) mass is 540 g/mol. The molecule has 1 saturated heterocycles. The Bertz CT molecular complexity index is 1640. The quantitative estimate of drug-likeness (QED) is 0.319. The highest BCUT2D eigenvalue weighted by atomic mass is 35.5. The van der Waals surface area contributed by atoms with Crippen LogP contribution in [-0.2, 0) is 11.0 Å². The molecule has 190 valence electrons. The molecule has 0 amide bonds. The van der Waals surface area contributed by atoms with Gasteiger partial charge in [0, 0.05) is 61.9 Å². The number of aromatic nitrogens is 3. The Morgan fingerprint density at radius 1 is 0.816 bits per heavy atom. The van der Waals surface area contributed by atoms with Crippen LogP contribution in [0.1, 0.15) is 0 Å². The SMILES string of the molecule is Nc1ncc(-c2ccc3nccc(-c4ccncc4)c3c2)cc1S(=O)N1CCN(c2ccccc2Cl)CC1. The van der Waals surface area contributed by atoms with Crippen LogP contribution in [0.25, 0.3) is 33.2 Å². The first kappa shape index (κ1) is 24.5. The van der Waals surface area contributed by atoms with Crippen LogP contribution in [0.4, 0.5) is 11.5 Å². The second-order valence-electron chi connectivity index (χ2n) is 9.05. The molecule has 0 radical (unpaired) electrons. The number of piperazine rings is 1. The van der Waals surface area contributed by atoms with Crippen LogP contribution >= 0.6 is 11.6 Å². The molecule has 3 aromatic heterocycles. The van der Waals surface area contributed by atoms with Crippen LogP contribution < -0.4 is 10.6 Å². The molecule has 6 rings (SSSR count). The smallest absolute Gasteiger partial charge is 0.141 e.